The van der Waals surface area contributed by atoms with Crippen molar-refractivity contribution >= 4 is 28.5 Å². The minimum absolute atomic E-state index is 0.157. The maximum Gasteiger partial charge on any atom is 0.278 e. The molecule has 0 bridgehead atoms. The van der Waals surface area contributed by atoms with Gasteiger partial charge in [-0.05, 0) is 31.5 Å². The molecule has 1 unspecified atom stereocenters. The van der Waals surface area contributed by atoms with E-state index in [-0.39, 0.29) is 11.5 Å². The molecule has 29 heavy (non-hydrogen) atoms. The summed E-state index contributed by atoms with van der Waals surface area (Å²) in [5.41, 5.74) is 6.82. The number of aromatic nitrogens is 1. The summed E-state index contributed by atoms with van der Waals surface area (Å²) < 4.78 is 20.0. The molecule has 1 amide bonds. The van der Waals surface area contributed by atoms with Crippen LogP contribution in [0.25, 0.3) is 11.3 Å². The van der Waals surface area contributed by atoms with Crippen LogP contribution in [0.15, 0.2) is 64.3 Å². The summed E-state index contributed by atoms with van der Waals surface area (Å²) in [5, 5.41) is 3.21. The van der Waals surface area contributed by atoms with Crippen LogP contribution < -0.4 is 11.1 Å². The highest BCUT2D eigenvalue weighted by atomic mass is 32.2. The van der Waals surface area contributed by atoms with Gasteiger partial charge in [0.1, 0.15) is 5.82 Å². The first-order valence-corrected chi connectivity index (χ1v) is 10.0. The number of amides is 1. The molecule has 1 aliphatic heterocycles. The van der Waals surface area contributed by atoms with Crippen molar-refractivity contribution in [2.45, 2.75) is 18.9 Å². The molecule has 0 fully saturated rings. The number of oxazole rings is 1. The number of hydrogen-bond acceptors (Lipinski definition) is 6. The molecule has 8 heteroatoms. The lowest BCUT2D eigenvalue weighted by Crippen LogP contribution is -2.29. The monoisotopic (exact) mass is 410 g/mol. The van der Waals surface area contributed by atoms with E-state index in [1.54, 1.807) is 6.07 Å². The smallest absolute Gasteiger partial charge is 0.278 e. The van der Waals surface area contributed by atoms with E-state index >= 15 is 0 Å². The maximum atomic E-state index is 14.6. The standard InChI is InChI=1S/C21H19FN4O2S/c1-21(9-10-29-20(23)26-21)15-11-14(7-8-16(15)22)25-19(27)17-18(28-12-24-17)13-5-3-2-4-6-13/h2-8,11-12H,9-10H2,1H3,(H2,23,26)(H,25,27). The quantitative estimate of drug-likeness (QED) is 0.665. The zero-order valence-electron chi connectivity index (χ0n) is 15.7. The molecule has 1 aromatic heterocycles. The third-order valence-corrected chi connectivity index (χ3v) is 5.61. The highest BCUT2D eigenvalue weighted by molar-refractivity contribution is 8.13. The molecule has 4 rings (SSSR count). The second kappa shape index (κ2) is 7.71. The fraction of sp³-hybridized carbons (Fsp3) is 0.190. The van der Waals surface area contributed by atoms with Crippen LogP contribution in [0.3, 0.4) is 0 Å². The van der Waals surface area contributed by atoms with Gasteiger partial charge in [0, 0.05) is 22.6 Å². The minimum atomic E-state index is -0.775. The van der Waals surface area contributed by atoms with Crippen LogP contribution in [0.2, 0.25) is 0 Å². The number of rotatable bonds is 4. The number of carbonyl (C=O) groups excluding carboxylic acids is 1. The number of benzene rings is 2. The molecule has 0 spiro atoms. The molecule has 0 radical (unpaired) electrons. The Morgan fingerprint density at radius 1 is 1.28 bits per heavy atom. The average Bonchev–Trinajstić information content (AvgIpc) is 3.20. The zero-order chi connectivity index (χ0) is 20.4. The molecule has 1 atom stereocenters. The Labute approximate surface area is 171 Å². The first-order chi connectivity index (χ1) is 14.0. The van der Waals surface area contributed by atoms with Crippen molar-refractivity contribution < 1.29 is 13.6 Å². The Morgan fingerprint density at radius 3 is 2.83 bits per heavy atom. The summed E-state index contributed by atoms with van der Waals surface area (Å²) in [5.74, 6) is 0.295. The van der Waals surface area contributed by atoms with Crippen LogP contribution in [-0.4, -0.2) is 21.8 Å². The molecular formula is C21H19FN4O2S. The first kappa shape index (κ1) is 19.2. The van der Waals surface area contributed by atoms with Gasteiger partial charge in [0.15, 0.2) is 23.0 Å². The molecule has 0 saturated carbocycles. The lowest BCUT2D eigenvalue weighted by molar-refractivity contribution is 0.102. The van der Waals surface area contributed by atoms with Gasteiger partial charge >= 0.3 is 0 Å². The van der Waals surface area contributed by atoms with E-state index in [1.807, 2.05) is 37.3 Å². The van der Waals surface area contributed by atoms with Crippen molar-refractivity contribution in [3.05, 3.63) is 72.0 Å². The summed E-state index contributed by atoms with van der Waals surface area (Å²) in [4.78, 5) is 21.3. The number of nitrogens with two attached hydrogens (primary N) is 1. The number of nitrogens with one attached hydrogen (secondary N) is 1. The number of anilines is 1. The largest absolute Gasteiger partial charge is 0.443 e. The van der Waals surface area contributed by atoms with Gasteiger partial charge in [-0.25, -0.2) is 9.37 Å². The molecule has 6 nitrogen and oxygen atoms in total. The average molecular weight is 410 g/mol. The van der Waals surface area contributed by atoms with Crippen LogP contribution in [0.5, 0.6) is 0 Å². The zero-order valence-corrected chi connectivity index (χ0v) is 16.5. The highest BCUT2D eigenvalue weighted by Crippen LogP contribution is 2.37. The summed E-state index contributed by atoms with van der Waals surface area (Å²) in [7, 11) is 0. The number of halogens is 1. The second-order valence-electron chi connectivity index (χ2n) is 6.87. The van der Waals surface area contributed by atoms with Crippen molar-refractivity contribution in [3.63, 3.8) is 0 Å². The van der Waals surface area contributed by atoms with Crippen LogP contribution in [0.4, 0.5) is 10.1 Å². The van der Waals surface area contributed by atoms with Crippen molar-refractivity contribution in [3.8, 4) is 11.3 Å². The number of aliphatic imine (C=N–C) groups is 1. The van der Waals surface area contributed by atoms with Gasteiger partial charge in [0.25, 0.3) is 5.91 Å². The number of amidine groups is 1. The third-order valence-electron chi connectivity index (χ3n) is 4.82. The van der Waals surface area contributed by atoms with Gasteiger partial charge in [0.05, 0.1) is 5.54 Å². The predicted octanol–water partition coefficient (Wildman–Crippen LogP) is 4.40. The summed E-state index contributed by atoms with van der Waals surface area (Å²) in [6.07, 6.45) is 1.87. The summed E-state index contributed by atoms with van der Waals surface area (Å²) in [6, 6.07) is 13.7. The SMILES string of the molecule is CC1(c2cc(NC(=O)c3ncoc3-c3ccccc3)ccc2F)CCSC(N)=N1. The molecular weight excluding hydrogens is 391 g/mol. The van der Waals surface area contributed by atoms with Gasteiger partial charge in [-0.3, -0.25) is 9.79 Å². The van der Waals surface area contributed by atoms with Crippen molar-refractivity contribution in [1.29, 1.82) is 0 Å². The fourth-order valence-electron chi connectivity index (χ4n) is 3.29. The lowest BCUT2D eigenvalue weighted by atomic mass is 9.89. The van der Waals surface area contributed by atoms with E-state index in [0.29, 0.717) is 28.6 Å². The predicted molar refractivity (Wildman–Crippen MR) is 112 cm³/mol. The summed E-state index contributed by atoms with van der Waals surface area (Å²) >= 11 is 1.45. The minimum Gasteiger partial charge on any atom is -0.443 e. The third kappa shape index (κ3) is 3.88. The Hall–Kier alpha value is -3.13. The van der Waals surface area contributed by atoms with Crippen LogP contribution in [-0.2, 0) is 5.54 Å². The Kier molecular flexibility index (Phi) is 5.10. The summed E-state index contributed by atoms with van der Waals surface area (Å²) in [6.45, 7) is 1.84. The van der Waals surface area contributed by atoms with E-state index in [0.717, 1.165) is 11.3 Å². The van der Waals surface area contributed by atoms with Gasteiger partial charge in [-0.2, -0.15) is 0 Å². The molecule has 0 aliphatic carbocycles. The molecule has 148 valence electrons. The normalized spacial score (nSPS) is 18.9. The van der Waals surface area contributed by atoms with E-state index in [4.69, 9.17) is 10.2 Å². The van der Waals surface area contributed by atoms with Crippen molar-refractivity contribution in [2.24, 2.45) is 10.7 Å². The first-order valence-electron chi connectivity index (χ1n) is 9.05. The topological polar surface area (TPSA) is 93.5 Å². The van der Waals surface area contributed by atoms with Gasteiger partial charge in [-0.15, -0.1) is 0 Å². The second-order valence-corrected chi connectivity index (χ2v) is 7.98. The van der Waals surface area contributed by atoms with E-state index in [2.05, 4.69) is 15.3 Å². The van der Waals surface area contributed by atoms with Crippen molar-refractivity contribution in [1.82, 2.24) is 4.98 Å². The van der Waals surface area contributed by atoms with Gasteiger partial charge in [-0.1, -0.05) is 42.1 Å². The Morgan fingerprint density at radius 2 is 2.07 bits per heavy atom. The Balaban J connectivity index is 1.63. The van der Waals surface area contributed by atoms with E-state index in [1.165, 1.54) is 30.3 Å². The molecule has 2 aromatic carbocycles. The van der Waals surface area contributed by atoms with Crippen LogP contribution >= 0.6 is 11.8 Å². The lowest BCUT2D eigenvalue weighted by Gasteiger charge is -2.30. The van der Waals surface area contributed by atoms with E-state index < -0.39 is 11.4 Å². The number of nitrogens with zero attached hydrogens (tertiary/aromatic N) is 2. The fourth-order valence-corrected chi connectivity index (χ4v) is 4.26. The van der Waals surface area contributed by atoms with Gasteiger partial charge in [0.2, 0.25) is 0 Å². The number of carbonyl (C=O) groups is 1. The van der Waals surface area contributed by atoms with Crippen molar-refractivity contribution in [2.75, 3.05) is 11.1 Å². The molecule has 3 aromatic rings. The van der Waals surface area contributed by atoms with Crippen LogP contribution in [0, 0.1) is 5.82 Å². The van der Waals surface area contributed by atoms with E-state index in [9.17, 15) is 9.18 Å². The molecule has 3 N–H and O–H groups in total. The number of hydrogen-bond donors (Lipinski definition) is 2. The van der Waals surface area contributed by atoms with Gasteiger partial charge < -0.3 is 15.5 Å². The number of thioether (sulfide) groups is 1. The Bertz CT molecular complexity index is 1080. The molecule has 0 saturated heterocycles. The van der Waals surface area contributed by atoms with Crippen LogP contribution in [0.1, 0.15) is 29.4 Å². The molecule has 2 heterocycles. The molecule has 1 aliphatic rings. The highest BCUT2D eigenvalue weighted by Gasteiger charge is 2.32. The maximum absolute atomic E-state index is 14.6.